The van der Waals surface area contributed by atoms with Gasteiger partial charge in [-0.15, -0.1) is 0 Å². The zero-order chi connectivity index (χ0) is 15.8. The maximum Gasteiger partial charge on any atom is 0.338 e. The van der Waals surface area contributed by atoms with Crippen LogP contribution in [0.3, 0.4) is 0 Å². The van der Waals surface area contributed by atoms with Crippen molar-refractivity contribution in [3.05, 3.63) is 47.5 Å². The largest absolute Gasteiger partial charge is 0.450 e. The van der Waals surface area contributed by atoms with Gasteiger partial charge >= 0.3 is 5.97 Å². The summed E-state index contributed by atoms with van der Waals surface area (Å²) in [7, 11) is 0. The summed E-state index contributed by atoms with van der Waals surface area (Å²) in [6.45, 7) is 7.51. The molecule has 1 unspecified atom stereocenters. The van der Waals surface area contributed by atoms with Crippen molar-refractivity contribution in [2.75, 3.05) is 0 Å². The first kappa shape index (κ1) is 17.2. The minimum atomic E-state index is -0.678. The van der Waals surface area contributed by atoms with Crippen molar-refractivity contribution in [3.63, 3.8) is 0 Å². The maximum atomic E-state index is 12.1. The molecule has 3 nitrogen and oxygen atoms in total. The number of hydrogen-bond acceptors (Lipinski definition) is 3. The van der Waals surface area contributed by atoms with Gasteiger partial charge in [0.2, 0.25) is 0 Å². The van der Waals surface area contributed by atoms with Crippen LogP contribution in [-0.2, 0) is 9.53 Å². The van der Waals surface area contributed by atoms with E-state index in [1.807, 2.05) is 26.8 Å². The van der Waals surface area contributed by atoms with Gasteiger partial charge in [-0.05, 0) is 45.7 Å². The van der Waals surface area contributed by atoms with Gasteiger partial charge in [0.1, 0.15) is 0 Å². The fourth-order valence-corrected chi connectivity index (χ4v) is 2.14. The van der Waals surface area contributed by atoms with Crippen LogP contribution < -0.4 is 0 Å². The van der Waals surface area contributed by atoms with Gasteiger partial charge in [0.25, 0.3) is 0 Å². The molecule has 0 radical (unpaired) electrons. The number of Topliss-reactive ketones (excluding diaryl/α,β-unsaturated/α-hetero) is 1. The number of carbonyl (C=O) groups is 2. The van der Waals surface area contributed by atoms with Crippen molar-refractivity contribution in [3.8, 4) is 0 Å². The average molecular weight is 288 g/mol. The van der Waals surface area contributed by atoms with E-state index in [2.05, 4.69) is 6.08 Å². The fraction of sp³-hybridized carbons (Fsp3) is 0.444. The van der Waals surface area contributed by atoms with Gasteiger partial charge < -0.3 is 4.74 Å². The smallest absolute Gasteiger partial charge is 0.338 e. The van der Waals surface area contributed by atoms with Gasteiger partial charge in [0.05, 0.1) is 5.56 Å². The minimum Gasteiger partial charge on any atom is -0.450 e. The molecule has 1 aromatic rings. The summed E-state index contributed by atoms with van der Waals surface area (Å²) in [5.74, 6) is -0.542. The molecule has 0 saturated heterocycles. The van der Waals surface area contributed by atoms with Crippen LogP contribution in [0.4, 0.5) is 0 Å². The summed E-state index contributed by atoms with van der Waals surface area (Å²) in [5, 5.41) is 0. The number of rotatable bonds is 7. The van der Waals surface area contributed by atoms with Gasteiger partial charge in [-0.25, -0.2) is 4.79 Å². The number of carbonyl (C=O) groups excluding carboxylic acids is 2. The molecule has 3 heteroatoms. The molecule has 21 heavy (non-hydrogen) atoms. The summed E-state index contributed by atoms with van der Waals surface area (Å²) in [6, 6.07) is 8.76. The molecule has 0 aliphatic carbocycles. The van der Waals surface area contributed by atoms with Crippen LogP contribution in [0.1, 0.15) is 50.9 Å². The molecule has 0 aromatic heterocycles. The third kappa shape index (κ3) is 5.94. The van der Waals surface area contributed by atoms with Gasteiger partial charge in [-0.1, -0.05) is 36.8 Å². The predicted octanol–water partition coefficient (Wildman–Crippen LogP) is 4.18. The lowest BCUT2D eigenvalue weighted by atomic mass is 9.95. The number of ether oxygens (including phenoxy) is 1. The minimum absolute atomic E-state index is 0.00534. The Morgan fingerprint density at radius 2 is 1.76 bits per heavy atom. The van der Waals surface area contributed by atoms with Gasteiger partial charge in [0.15, 0.2) is 11.9 Å². The number of esters is 1. The standard InChI is InChI=1S/C18H24O3/c1-13(2)9-8-10-14(3)17(15(4)19)21-18(20)16-11-6-5-7-12-16/h5-7,9,11-12,14,17H,8,10H2,1-4H3/t14?,17-/m0/s1. The third-order valence-electron chi connectivity index (χ3n) is 3.34. The summed E-state index contributed by atoms with van der Waals surface area (Å²) < 4.78 is 5.41. The molecule has 0 N–H and O–H groups in total. The number of ketones is 1. The van der Waals surface area contributed by atoms with Crippen LogP contribution in [0.15, 0.2) is 42.0 Å². The van der Waals surface area contributed by atoms with Crippen LogP contribution in [0.5, 0.6) is 0 Å². The third-order valence-corrected chi connectivity index (χ3v) is 3.34. The first-order valence-corrected chi connectivity index (χ1v) is 7.31. The maximum absolute atomic E-state index is 12.1. The number of hydrogen-bond donors (Lipinski definition) is 0. The number of allylic oxidation sites excluding steroid dienone is 2. The van der Waals surface area contributed by atoms with Crippen LogP contribution in [0, 0.1) is 5.92 Å². The summed E-state index contributed by atoms with van der Waals surface area (Å²) in [6.07, 6.45) is 3.16. The second-order valence-electron chi connectivity index (χ2n) is 5.64. The highest BCUT2D eigenvalue weighted by Crippen LogP contribution is 2.18. The Morgan fingerprint density at radius 3 is 2.29 bits per heavy atom. The molecule has 1 aromatic carbocycles. The summed E-state index contributed by atoms with van der Waals surface area (Å²) >= 11 is 0. The molecule has 0 aliphatic rings. The average Bonchev–Trinajstić information content (AvgIpc) is 2.44. The van der Waals surface area contributed by atoms with E-state index in [0.29, 0.717) is 5.56 Å². The molecule has 0 aliphatic heterocycles. The van der Waals surface area contributed by atoms with E-state index in [0.717, 1.165) is 12.8 Å². The Balaban J connectivity index is 2.67. The van der Waals surface area contributed by atoms with Crippen LogP contribution in [0.25, 0.3) is 0 Å². The zero-order valence-electron chi connectivity index (χ0n) is 13.3. The molecule has 0 amide bonds. The lowest BCUT2D eigenvalue weighted by Crippen LogP contribution is -2.31. The van der Waals surface area contributed by atoms with Crippen LogP contribution >= 0.6 is 0 Å². The number of benzene rings is 1. The van der Waals surface area contributed by atoms with Crippen molar-refractivity contribution < 1.29 is 14.3 Å². The van der Waals surface area contributed by atoms with Crippen molar-refractivity contribution in [2.45, 2.75) is 46.6 Å². The topological polar surface area (TPSA) is 43.4 Å². The Morgan fingerprint density at radius 1 is 1.14 bits per heavy atom. The second-order valence-corrected chi connectivity index (χ2v) is 5.64. The van der Waals surface area contributed by atoms with Crippen LogP contribution in [-0.4, -0.2) is 17.9 Å². The highest BCUT2D eigenvalue weighted by Gasteiger charge is 2.26. The first-order chi connectivity index (χ1) is 9.91. The molecule has 0 heterocycles. The fourth-order valence-electron chi connectivity index (χ4n) is 2.14. The van der Waals surface area contributed by atoms with Crippen molar-refractivity contribution in [1.29, 1.82) is 0 Å². The zero-order valence-corrected chi connectivity index (χ0v) is 13.3. The van der Waals surface area contributed by atoms with E-state index in [4.69, 9.17) is 4.74 Å². The molecule has 2 atom stereocenters. The SMILES string of the molecule is CC(=O)[C@@H](OC(=O)c1ccccc1)C(C)CCC=C(C)C. The molecule has 0 spiro atoms. The molecule has 0 saturated carbocycles. The van der Waals surface area contributed by atoms with Crippen LogP contribution in [0.2, 0.25) is 0 Å². The van der Waals surface area contributed by atoms with Gasteiger partial charge in [0, 0.05) is 5.92 Å². The van der Waals surface area contributed by atoms with Crippen molar-refractivity contribution >= 4 is 11.8 Å². The summed E-state index contributed by atoms with van der Waals surface area (Å²) in [5.41, 5.74) is 1.73. The lowest BCUT2D eigenvalue weighted by molar-refractivity contribution is -0.128. The van der Waals surface area contributed by atoms with Crippen molar-refractivity contribution in [2.24, 2.45) is 5.92 Å². The van der Waals surface area contributed by atoms with E-state index < -0.39 is 12.1 Å². The first-order valence-electron chi connectivity index (χ1n) is 7.31. The molecule has 0 bridgehead atoms. The van der Waals surface area contributed by atoms with Gasteiger partial charge in [-0.3, -0.25) is 4.79 Å². The van der Waals surface area contributed by atoms with Crippen molar-refractivity contribution in [1.82, 2.24) is 0 Å². The quantitative estimate of drug-likeness (QED) is 0.558. The Kier molecular flexibility index (Phi) is 6.86. The monoisotopic (exact) mass is 288 g/mol. The second kappa shape index (κ2) is 8.40. The Bertz CT molecular complexity index is 498. The Hall–Kier alpha value is -1.90. The normalized spacial score (nSPS) is 13.1. The molecule has 1 rings (SSSR count). The van der Waals surface area contributed by atoms with E-state index >= 15 is 0 Å². The highest BCUT2D eigenvalue weighted by molar-refractivity contribution is 5.92. The van der Waals surface area contributed by atoms with E-state index in [-0.39, 0.29) is 11.7 Å². The molecular weight excluding hydrogens is 264 g/mol. The van der Waals surface area contributed by atoms with E-state index in [1.54, 1.807) is 24.3 Å². The molecule has 114 valence electrons. The Labute approximate surface area is 127 Å². The van der Waals surface area contributed by atoms with E-state index in [9.17, 15) is 9.59 Å². The molecular formula is C18H24O3. The van der Waals surface area contributed by atoms with Gasteiger partial charge in [-0.2, -0.15) is 0 Å². The van der Waals surface area contributed by atoms with E-state index in [1.165, 1.54) is 12.5 Å². The molecule has 0 fully saturated rings. The summed E-state index contributed by atoms with van der Waals surface area (Å²) in [4.78, 5) is 23.8. The predicted molar refractivity (Wildman–Crippen MR) is 84.2 cm³/mol. The lowest BCUT2D eigenvalue weighted by Gasteiger charge is -2.21. The highest BCUT2D eigenvalue weighted by atomic mass is 16.5.